The zero-order valence-electron chi connectivity index (χ0n) is 16.0. The fourth-order valence-electron chi connectivity index (χ4n) is 3.15. The summed E-state index contributed by atoms with van der Waals surface area (Å²) in [6, 6.07) is 13.2. The molecule has 31 heavy (non-hydrogen) atoms. The molecule has 1 N–H and O–H groups in total. The molecule has 2 aromatic carbocycles. The predicted molar refractivity (Wildman–Crippen MR) is 111 cm³/mol. The van der Waals surface area contributed by atoms with Crippen LogP contribution in [0.4, 0.5) is 13.2 Å². The van der Waals surface area contributed by atoms with Gasteiger partial charge in [0.2, 0.25) is 5.88 Å². The lowest BCUT2D eigenvalue weighted by Crippen LogP contribution is -2.16. The molecule has 2 heterocycles. The van der Waals surface area contributed by atoms with Crippen LogP contribution >= 0.6 is 11.6 Å². The maximum atomic E-state index is 13.0. The molecule has 2 aromatic heterocycles. The van der Waals surface area contributed by atoms with Crippen LogP contribution < -0.4 is 14.9 Å². The van der Waals surface area contributed by atoms with E-state index in [0.717, 1.165) is 12.1 Å². The Morgan fingerprint density at radius 3 is 2.35 bits per heavy atom. The summed E-state index contributed by atoms with van der Waals surface area (Å²) in [5.74, 6) is 0.143. The van der Waals surface area contributed by atoms with Gasteiger partial charge in [-0.05, 0) is 55.5 Å². The molecule has 158 valence electrons. The number of hydrogen-bond acceptors (Lipinski definition) is 4. The molecule has 0 aliphatic carbocycles. The summed E-state index contributed by atoms with van der Waals surface area (Å²) in [5.41, 5.74) is 2.23. The van der Waals surface area contributed by atoms with E-state index in [-0.39, 0.29) is 22.8 Å². The molecule has 0 saturated carbocycles. The standard InChI is InChI=1S/C22H14ClF3N2O3/c1-12-20(21(29)17-10-14(23)3-8-18(17)28-12)13-2-9-19(27-11-13)30-15-4-6-16(7-5-15)31-22(24,25)26/h2-11H,1H3,(H,28,29). The quantitative estimate of drug-likeness (QED) is 0.403. The number of rotatable bonds is 4. The Morgan fingerprint density at radius 1 is 1.00 bits per heavy atom. The maximum absolute atomic E-state index is 13.0. The van der Waals surface area contributed by atoms with Crippen LogP contribution in [0.1, 0.15) is 5.69 Å². The summed E-state index contributed by atoms with van der Waals surface area (Å²) < 4.78 is 46.1. The van der Waals surface area contributed by atoms with Gasteiger partial charge >= 0.3 is 6.36 Å². The van der Waals surface area contributed by atoms with Crippen molar-refractivity contribution in [2.24, 2.45) is 0 Å². The molecule has 0 bridgehead atoms. The van der Waals surface area contributed by atoms with Gasteiger partial charge in [0.15, 0.2) is 5.43 Å². The van der Waals surface area contributed by atoms with Gasteiger partial charge < -0.3 is 14.5 Å². The number of nitrogens with one attached hydrogen (secondary N) is 1. The number of nitrogens with zero attached hydrogens (tertiary/aromatic N) is 1. The maximum Gasteiger partial charge on any atom is 0.573 e. The SMILES string of the molecule is Cc1[nH]c2ccc(Cl)cc2c(=O)c1-c1ccc(Oc2ccc(OC(F)(F)F)cc2)nc1. The Morgan fingerprint density at radius 2 is 1.71 bits per heavy atom. The number of aromatic amines is 1. The highest BCUT2D eigenvalue weighted by Crippen LogP contribution is 2.28. The van der Waals surface area contributed by atoms with E-state index >= 15 is 0 Å². The average molecular weight is 447 g/mol. The van der Waals surface area contributed by atoms with E-state index in [1.807, 2.05) is 0 Å². The van der Waals surface area contributed by atoms with Gasteiger partial charge in [-0.15, -0.1) is 13.2 Å². The largest absolute Gasteiger partial charge is 0.573 e. The number of ether oxygens (including phenoxy) is 2. The van der Waals surface area contributed by atoms with Crippen LogP contribution in [0.2, 0.25) is 5.02 Å². The fourth-order valence-corrected chi connectivity index (χ4v) is 3.32. The second-order valence-corrected chi connectivity index (χ2v) is 7.09. The number of alkyl halides is 3. The van der Waals surface area contributed by atoms with Crippen LogP contribution in [-0.2, 0) is 0 Å². The van der Waals surface area contributed by atoms with E-state index in [9.17, 15) is 18.0 Å². The molecule has 0 unspecified atom stereocenters. The minimum Gasteiger partial charge on any atom is -0.439 e. The fraction of sp³-hybridized carbons (Fsp3) is 0.0909. The molecule has 0 spiro atoms. The summed E-state index contributed by atoms with van der Waals surface area (Å²) in [7, 11) is 0. The smallest absolute Gasteiger partial charge is 0.439 e. The highest BCUT2D eigenvalue weighted by Gasteiger charge is 2.31. The van der Waals surface area contributed by atoms with Crippen molar-refractivity contribution in [2.75, 3.05) is 0 Å². The molecule has 0 saturated heterocycles. The Labute approximate surface area is 179 Å². The lowest BCUT2D eigenvalue weighted by molar-refractivity contribution is -0.274. The van der Waals surface area contributed by atoms with Gasteiger partial charge in [-0.1, -0.05) is 11.6 Å². The number of benzene rings is 2. The second-order valence-electron chi connectivity index (χ2n) is 6.65. The number of hydrogen-bond donors (Lipinski definition) is 1. The van der Waals surface area contributed by atoms with Gasteiger partial charge in [0.25, 0.3) is 0 Å². The van der Waals surface area contributed by atoms with Gasteiger partial charge in [0.1, 0.15) is 11.5 Å². The minimum atomic E-state index is -4.76. The third-order valence-corrected chi connectivity index (χ3v) is 4.69. The highest BCUT2D eigenvalue weighted by atomic mass is 35.5. The van der Waals surface area contributed by atoms with E-state index in [1.54, 1.807) is 37.3 Å². The van der Waals surface area contributed by atoms with Gasteiger partial charge in [0, 0.05) is 39.4 Å². The van der Waals surface area contributed by atoms with Crippen LogP contribution in [0.25, 0.3) is 22.0 Å². The summed E-state index contributed by atoms with van der Waals surface area (Å²) in [6.07, 6.45) is -3.27. The Hall–Kier alpha value is -3.52. The van der Waals surface area contributed by atoms with Crippen LogP contribution in [0.5, 0.6) is 17.4 Å². The first kappa shape index (κ1) is 20.7. The summed E-state index contributed by atoms with van der Waals surface area (Å²) in [6.45, 7) is 1.79. The Bertz CT molecular complexity index is 1300. The Kier molecular flexibility index (Phi) is 5.32. The molecule has 0 radical (unpaired) electrons. The Balaban J connectivity index is 1.58. The van der Waals surface area contributed by atoms with Crippen LogP contribution in [-0.4, -0.2) is 16.3 Å². The van der Waals surface area contributed by atoms with E-state index < -0.39 is 6.36 Å². The van der Waals surface area contributed by atoms with E-state index in [1.165, 1.54) is 18.3 Å². The zero-order chi connectivity index (χ0) is 22.2. The molecular formula is C22H14ClF3N2O3. The van der Waals surface area contributed by atoms with Gasteiger partial charge in [-0.2, -0.15) is 0 Å². The number of pyridine rings is 2. The molecule has 0 amide bonds. The minimum absolute atomic E-state index is 0.176. The molecule has 4 rings (SSSR count). The van der Waals surface area contributed by atoms with Crippen molar-refractivity contribution in [3.05, 3.63) is 81.7 Å². The molecule has 0 aliphatic rings. The van der Waals surface area contributed by atoms with Gasteiger partial charge in [0.05, 0.1) is 5.56 Å². The zero-order valence-corrected chi connectivity index (χ0v) is 16.7. The lowest BCUT2D eigenvalue weighted by Gasteiger charge is -2.11. The third kappa shape index (κ3) is 4.64. The van der Waals surface area contributed by atoms with Crippen LogP contribution in [0.15, 0.2) is 65.6 Å². The number of halogens is 4. The molecular weight excluding hydrogens is 433 g/mol. The monoisotopic (exact) mass is 446 g/mol. The van der Waals surface area contributed by atoms with Gasteiger partial charge in [-0.25, -0.2) is 4.98 Å². The van der Waals surface area contributed by atoms with Crippen molar-refractivity contribution < 1.29 is 22.6 Å². The van der Waals surface area contributed by atoms with E-state index in [2.05, 4.69) is 14.7 Å². The highest BCUT2D eigenvalue weighted by molar-refractivity contribution is 6.31. The second kappa shape index (κ2) is 7.96. The number of H-pyrrole nitrogens is 1. The number of aromatic nitrogens is 2. The van der Waals surface area contributed by atoms with Crippen molar-refractivity contribution in [1.82, 2.24) is 9.97 Å². The first-order valence-corrected chi connectivity index (χ1v) is 9.40. The van der Waals surface area contributed by atoms with Crippen molar-refractivity contribution in [3.63, 3.8) is 0 Å². The van der Waals surface area contributed by atoms with Gasteiger partial charge in [-0.3, -0.25) is 4.79 Å². The first-order chi connectivity index (χ1) is 14.7. The normalized spacial score (nSPS) is 11.5. The van der Waals surface area contributed by atoms with Crippen molar-refractivity contribution in [1.29, 1.82) is 0 Å². The first-order valence-electron chi connectivity index (χ1n) is 9.02. The topological polar surface area (TPSA) is 64.2 Å². The molecule has 0 aliphatic heterocycles. The molecule has 9 heteroatoms. The van der Waals surface area contributed by atoms with Crippen LogP contribution in [0, 0.1) is 6.92 Å². The summed E-state index contributed by atoms with van der Waals surface area (Å²) >= 11 is 6.02. The summed E-state index contributed by atoms with van der Waals surface area (Å²) in [4.78, 5) is 20.4. The van der Waals surface area contributed by atoms with Crippen LogP contribution in [0.3, 0.4) is 0 Å². The van der Waals surface area contributed by atoms with Crippen molar-refractivity contribution in [2.45, 2.75) is 13.3 Å². The summed E-state index contributed by atoms with van der Waals surface area (Å²) in [5, 5.41) is 0.927. The lowest BCUT2D eigenvalue weighted by atomic mass is 10.0. The van der Waals surface area contributed by atoms with E-state index in [4.69, 9.17) is 16.3 Å². The number of fused-ring (bicyclic) bond motifs is 1. The number of aryl methyl sites for hydroxylation is 1. The predicted octanol–water partition coefficient (Wildman–Crippen LogP) is 6.24. The molecule has 0 atom stereocenters. The van der Waals surface area contributed by atoms with Crippen molar-refractivity contribution >= 4 is 22.5 Å². The molecule has 4 aromatic rings. The third-order valence-electron chi connectivity index (χ3n) is 4.46. The average Bonchev–Trinajstić information content (AvgIpc) is 2.70. The van der Waals surface area contributed by atoms with E-state index in [0.29, 0.717) is 32.7 Å². The van der Waals surface area contributed by atoms with Crippen molar-refractivity contribution in [3.8, 4) is 28.5 Å². The molecule has 0 fully saturated rings. The molecule has 5 nitrogen and oxygen atoms in total.